The third-order valence-corrected chi connectivity index (χ3v) is 1.85. The van der Waals surface area contributed by atoms with Crippen LogP contribution in [0.15, 0.2) is 18.2 Å². The fourth-order valence-corrected chi connectivity index (χ4v) is 0.990. The minimum atomic E-state index is 0.853. The van der Waals surface area contributed by atoms with Crippen molar-refractivity contribution in [2.24, 2.45) is 0 Å². The first-order valence-corrected chi connectivity index (χ1v) is 4.91. The molecule has 0 unspecified atom stereocenters. The van der Waals surface area contributed by atoms with Crippen LogP contribution in [0.2, 0.25) is 0 Å². The molecule has 0 radical (unpaired) electrons. The molecule has 1 aromatic rings. The van der Waals surface area contributed by atoms with Gasteiger partial charge in [0.15, 0.2) is 0 Å². The quantitative estimate of drug-likeness (QED) is 0.559. The Bertz CT molecular complexity index is 282. The van der Waals surface area contributed by atoms with E-state index in [2.05, 4.69) is 23.0 Å². The highest BCUT2D eigenvalue weighted by Gasteiger charge is 1.94. The normalized spacial score (nSPS) is 12.7. The summed E-state index contributed by atoms with van der Waals surface area (Å²) in [7, 11) is 0. The molecular weight excluding hydrogens is 176 g/mol. The molecule has 1 aromatic carbocycles. The molecule has 0 amide bonds. The second-order valence-corrected chi connectivity index (χ2v) is 3.21. The molecular formula is C11H18N2O. The Labute approximate surface area is 85.3 Å². The standard InChI is InChI=1S/C9H14N2.C2H4O/c1-3-11-8-4-5-9(10)7(2)6-8;1-2-3-1/h4-6,11H,3,10H2,1-2H3;1-2H2. The number of hydrogen-bond acceptors (Lipinski definition) is 3. The Balaban J connectivity index is 0.000000276. The number of ether oxygens (including phenoxy) is 1. The largest absolute Gasteiger partial charge is 0.399 e. The summed E-state index contributed by atoms with van der Waals surface area (Å²) < 4.78 is 4.50. The smallest absolute Gasteiger partial charge is 0.0701 e. The van der Waals surface area contributed by atoms with E-state index in [1.165, 1.54) is 0 Å². The van der Waals surface area contributed by atoms with Crippen LogP contribution in [0.5, 0.6) is 0 Å². The zero-order chi connectivity index (χ0) is 10.4. The molecule has 1 saturated heterocycles. The van der Waals surface area contributed by atoms with E-state index in [0.717, 1.165) is 36.7 Å². The molecule has 0 bridgehead atoms. The van der Waals surface area contributed by atoms with Gasteiger partial charge in [0.05, 0.1) is 13.2 Å². The number of epoxide rings is 1. The summed E-state index contributed by atoms with van der Waals surface area (Å²) in [5.74, 6) is 0. The van der Waals surface area contributed by atoms with Gasteiger partial charge in [-0.1, -0.05) is 0 Å². The maximum atomic E-state index is 5.66. The lowest BCUT2D eigenvalue weighted by atomic mass is 10.2. The molecule has 0 spiro atoms. The molecule has 1 fully saturated rings. The summed E-state index contributed by atoms with van der Waals surface area (Å²) in [6, 6.07) is 5.97. The minimum Gasteiger partial charge on any atom is -0.399 e. The zero-order valence-electron chi connectivity index (χ0n) is 8.84. The van der Waals surface area contributed by atoms with E-state index >= 15 is 0 Å². The average molecular weight is 194 g/mol. The van der Waals surface area contributed by atoms with Crippen LogP contribution < -0.4 is 11.1 Å². The lowest BCUT2D eigenvalue weighted by Gasteiger charge is -2.05. The van der Waals surface area contributed by atoms with Crippen molar-refractivity contribution in [2.45, 2.75) is 13.8 Å². The predicted octanol–water partition coefficient (Wildman–Crippen LogP) is 2.03. The summed E-state index contributed by atoms with van der Waals surface area (Å²) in [6.07, 6.45) is 0. The van der Waals surface area contributed by atoms with Gasteiger partial charge in [-0.25, -0.2) is 0 Å². The minimum absolute atomic E-state index is 0.853. The molecule has 78 valence electrons. The van der Waals surface area contributed by atoms with Crippen LogP contribution in [0.25, 0.3) is 0 Å². The first-order chi connectivity index (χ1) is 6.74. The van der Waals surface area contributed by atoms with E-state index in [9.17, 15) is 0 Å². The van der Waals surface area contributed by atoms with E-state index in [0.29, 0.717) is 0 Å². The molecule has 3 nitrogen and oxygen atoms in total. The molecule has 1 heterocycles. The second kappa shape index (κ2) is 5.50. The van der Waals surface area contributed by atoms with Crippen LogP contribution in [0.3, 0.4) is 0 Å². The Hall–Kier alpha value is -1.22. The van der Waals surface area contributed by atoms with Crippen LogP contribution in [0.4, 0.5) is 11.4 Å². The predicted molar refractivity (Wildman–Crippen MR) is 60.6 cm³/mol. The van der Waals surface area contributed by atoms with Gasteiger partial charge in [0, 0.05) is 17.9 Å². The number of nitrogens with two attached hydrogens (primary N) is 1. The maximum absolute atomic E-state index is 5.66. The van der Waals surface area contributed by atoms with E-state index in [1.54, 1.807) is 0 Å². The van der Waals surface area contributed by atoms with Gasteiger partial charge in [0.25, 0.3) is 0 Å². The molecule has 0 atom stereocenters. The highest BCUT2D eigenvalue weighted by atomic mass is 16.6. The van der Waals surface area contributed by atoms with Crippen molar-refractivity contribution in [1.29, 1.82) is 0 Å². The Morgan fingerprint density at radius 2 is 2.07 bits per heavy atom. The van der Waals surface area contributed by atoms with Crippen molar-refractivity contribution in [2.75, 3.05) is 30.8 Å². The van der Waals surface area contributed by atoms with Gasteiger partial charge in [0.1, 0.15) is 0 Å². The van der Waals surface area contributed by atoms with Gasteiger partial charge < -0.3 is 15.8 Å². The lowest BCUT2D eigenvalue weighted by molar-refractivity contribution is 0.475. The van der Waals surface area contributed by atoms with Crippen LogP contribution in [0.1, 0.15) is 12.5 Å². The summed E-state index contributed by atoms with van der Waals surface area (Å²) in [5, 5.41) is 3.22. The molecule has 1 aliphatic rings. The fourth-order valence-electron chi connectivity index (χ4n) is 0.990. The highest BCUT2D eigenvalue weighted by Crippen LogP contribution is 2.15. The molecule has 2 rings (SSSR count). The van der Waals surface area contributed by atoms with Crippen LogP contribution in [-0.4, -0.2) is 19.8 Å². The third kappa shape index (κ3) is 4.14. The summed E-state index contributed by atoms with van der Waals surface area (Å²) in [6.45, 7) is 7.03. The summed E-state index contributed by atoms with van der Waals surface area (Å²) >= 11 is 0. The van der Waals surface area contributed by atoms with Crippen LogP contribution >= 0.6 is 0 Å². The van der Waals surface area contributed by atoms with Gasteiger partial charge in [-0.15, -0.1) is 0 Å². The molecule has 3 N–H and O–H groups in total. The van der Waals surface area contributed by atoms with Crippen molar-refractivity contribution < 1.29 is 4.74 Å². The van der Waals surface area contributed by atoms with Gasteiger partial charge in [-0.2, -0.15) is 0 Å². The zero-order valence-corrected chi connectivity index (χ0v) is 8.84. The number of anilines is 2. The molecule has 0 aliphatic carbocycles. The number of nitrogen functional groups attached to an aromatic ring is 1. The SMILES string of the molecule is C1CO1.CCNc1ccc(N)c(C)c1. The van der Waals surface area contributed by atoms with E-state index in [4.69, 9.17) is 5.73 Å². The van der Waals surface area contributed by atoms with Crippen LogP contribution in [0, 0.1) is 6.92 Å². The number of aryl methyl sites for hydroxylation is 1. The Kier molecular flexibility index (Phi) is 4.26. The molecule has 0 saturated carbocycles. The lowest BCUT2D eigenvalue weighted by Crippen LogP contribution is -1.97. The Morgan fingerprint density at radius 3 is 2.50 bits per heavy atom. The second-order valence-electron chi connectivity index (χ2n) is 3.21. The van der Waals surface area contributed by atoms with Gasteiger partial charge in [0.2, 0.25) is 0 Å². The first kappa shape index (κ1) is 10.9. The Morgan fingerprint density at radius 1 is 1.43 bits per heavy atom. The number of rotatable bonds is 2. The van der Waals surface area contributed by atoms with Crippen molar-refractivity contribution >= 4 is 11.4 Å². The average Bonchev–Trinajstić information content (AvgIpc) is 2.98. The maximum Gasteiger partial charge on any atom is 0.0701 e. The molecule has 1 aliphatic heterocycles. The van der Waals surface area contributed by atoms with Crippen molar-refractivity contribution in [3.63, 3.8) is 0 Å². The number of benzene rings is 1. The summed E-state index contributed by atoms with van der Waals surface area (Å²) in [5.41, 5.74) is 8.78. The summed E-state index contributed by atoms with van der Waals surface area (Å²) in [4.78, 5) is 0. The molecule has 3 heteroatoms. The number of nitrogens with one attached hydrogen (secondary N) is 1. The monoisotopic (exact) mass is 194 g/mol. The molecule has 0 aromatic heterocycles. The topological polar surface area (TPSA) is 50.6 Å². The first-order valence-electron chi connectivity index (χ1n) is 4.91. The van der Waals surface area contributed by atoms with Gasteiger partial charge in [-0.05, 0) is 37.6 Å². The van der Waals surface area contributed by atoms with Crippen molar-refractivity contribution in [3.8, 4) is 0 Å². The van der Waals surface area contributed by atoms with Crippen molar-refractivity contribution in [3.05, 3.63) is 23.8 Å². The van der Waals surface area contributed by atoms with Crippen LogP contribution in [-0.2, 0) is 4.74 Å². The third-order valence-electron chi connectivity index (χ3n) is 1.85. The van der Waals surface area contributed by atoms with E-state index in [-0.39, 0.29) is 0 Å². The van der Waals surface area contributed by atoms with E-state index < -0.39 is 0 Å². The fraction of sp³-hybridized carbons (Fsp3) is 0.455. The highest BCUT2D eigenvalue weighted by molar-refractivity contribution is 5.56. The molecule has 14 heavy (non-hydrogen) atoms. The van der Waals surface area contributed by atoms with Crippen molar-refractivity contribution in [1.82, 2.24) is 0 Å². The number of hydrogen-bond donors (Lipinski definition) is 2. The van der Waals surface area contributed by atoms with Gasteiger partial charge in [-0.3, -0.25) is 0 Å². The van der Waals surface area contributed by atoms with E-state index in [1.807, 2.05) is 19.1 Å². The van der Waals surface area contributed by atoms with Gasteiger partial charge >= 0.3 is 0 Å².